The first kappa shape index (κ1) is 23.5. The fourth-order valence-corrected chi connectivity index (χ4v) is 6.97. The molecule has 0 aliphatic rings. The molecule has 5 heteroatoms. The van der Waals surface area contributed by atoms with E-state index in [1.54, 1.807) is 0 Å². The average Bonchev–Trinajstić information content (AvgIpc) is 3.86. The van der Waals surface area contributed by atoms with Gasteiger partial charge in [0.05, 0.1) is 28.0 Å². The molecule has 10 aromatic rings. The molecule has 4 heterocycles. The van der Waals surface area contributed by atoms with Crippen LogP contribution >= 0.6 is 0 Å². The number of hydrogen-bond donors (Lipinski definition) is 0. The van der Waals surface area contributed by atoms with Crippen molar-refractivity contribution in [3.05, 3.63) is 140 Å². The molecule has 0 unspecified atom stereocenters. The summed E-state index contributed by atoms with van der Waals surface area (Å²) in [6.45, 7) is 0. The molecule has 44 heavy (non-hydrogen) atoms. The Balaban J connectivity index is 1.30. The number of nitrogens with zero attached hydrogens (tertiary/aromatic N) is 3. The lowest BCUT2D eigenvalue weighted by atomic mass is 10.1. The third kappa shape index (κ3) is 3.10. The predicted octanol–water partition coefficient (Wildman–Crippen LogP) is 10.4. The van der Waals surface area contributed by atoms with E-state index in [1.807, 2.05) is 42.7 Å². The highest BCUT2D eigenvalue weighted by molar-refractivity contribution is 6.15. The predicted molar refractivity (Wildman–Crippen MR) is 178 cm³/mol. The van der Waals surface area contributed by atoms with Crippen LogP contribution in [-0.4, -0.2) is 14.1 Å². The maximum atomic E-state index is 6.55. The molecule has 6 aromatic carbocycles. The van der Waals surface area contributed by atoms with Crippen molar-refractivity contribution >= 4 is 65.7 Å². The Bertz CT molecular complexity index is 2740. The Labute approximate surface area is 250 Å². The zero-order valence-electron chi connectivity index (χ0n) is 23.4. The fourth-order valence-electron chi connectivity index (χ4n) is 6.97. The number of para-hydroxylation sites is 6. The Morgan fingerprint density at radius 2 is 1.07 bits per heavy atom. The lowest BCUT2D eigenvalue weighted by Gasteiger charge is -2.14. The van der Waals surface area contributed by atoms with Crippen molar-refractivity contribution in [1.82, 2.24) is 14.1 Å². The van der Waals surface area contributed by atoms with Gasteiger partial charge < -0.3 is 13.4 Å². The maximum absolute atomic E-state index is 6.55. The second-order valence-corrected chi connectivity index (χ2v) is 11.2. The summed E-state index contributed by atoms with van der Waals surface area (Å²) >= 11 is 0. The topological polar surface area (TPSA) is 49.0 Å². The van der Waals surface area contributed by atoms with Crippen LogP contribution in [0.1, 0.15) is 0 Å². The number of hydrogen-bond acceptors (Lipinski definition) is 3. The third-order valence-corrected chi connectivity index (χ3v) is 8.84. The third-order valence-electron chi connectivity index (χ3n) is 8.84. The monoisotopic (exact) mass is 565 g/mol. The van der Waals surface area contributed by atoms with Crippen molar-refractivity contribution in [3.8, 4) is 22.8 Å². The van der Waals surface area contributed by atoms with E-state index in [-0.39, 0.29) is 0 Å². The van der Waals surface area contributed by atoms with E-state index in [1.165, 1.54) is 5.39 Å². The van der Waals surface area contributed by atoms with Crippen LogP contribution in [0.4, 0.5) is 0 Å². The highest BCUT2D eigenvalue weighted by atomic mass is 16.3. The van der Waals surface area contributed by atoms with Gasteiger partial charge >= 0.3 is 0 Å². The summed E-state index contributed by atoms with van der Waals surface area (Å²) in [6.07, 6.45) is 3.90. The number of furan rings is 2. The molecular weight excluding hydrogens is 542 g/mol. The average molecular weight is 566 g/mol. The lowest BCUT2D eigenvalue weighted by Crippen LogP contribution is -2.02. The lowest BCUT2D eigenvalue weighted by molar-refractivity contribution is 0.666. The first-order valence-corrected chi connectivity index (χ1v) is 14.7. The van der Waals surface area contributed by atoms with E-state index in [0.717, 1.165) is 83.1 Å². The van der Waals surface area contributed by atoms with Crippen LogP contribution < -0.4 is 0 Å². The molecular formula is C39H23N3O2. The molecule has 0 saturated heterocycles. The summed E-state index contributed by atoms with van der Waals surface area (Å²) < 4.78 is 17.5. The SMILES string of the molecule is c1ccc2c(c1)oc1c(-c3nccn3-c3cccc4c5ccccc5n(-c5cccc6c5oc5ccccc56)c34)cccc12. The Kier molecular flexibility index (Phi) is 4.66. The Morgan fingerprint density at radius 1 is 0.477 bits per heavy atom. The first-order valence-electron chi connectivity index (χ1n) is 14.7. The Morgan fingerprint density at radius 3 is 1.86 bits per heavy atom. The molecule has 0 aliphatic heterocycles. The largest absolute Gasteiger partial charge is 0.455 e. The standard InChI is InChI=1S/C39H23N3O2/c1-4-17-31-24(10-1)27-13-8-18-32(36(27)42(31)33-19-9-15-29-26-12-3-6-21-35(26)44-38(29)33)41-23-22-40-39(41)30-16-7-14-28-25-11-2-5-20-34(25)43-37(28)30/h1-23H. The van der Waals surface area contributed by atoms with Gasteiger partial charge in [-0.25, -0.2) is 4.98 Å². The van der Waals surface area contributed by atoms with Crippen LogP contribution in [0.3, 0.4) is 0 Å². The minimum Gasteiger partial charge on any atom is -0.455 e. The van der Waals surface area contributed by atoms with E-state index in [9.17, 15) is 0 Å². The zero-order valence-corrected chi connectivity index (χ0v) is 23.4. The van der Waals surface area contributed by atoms with E-state index in [2.05, 4.69) is 106 Å². The molecule has 5 nitrogen and oxygen atoms in total. The highest BCUT2D eigenvalue weighted by Gasteiger charge is 2.22. The molecule has 0 amide bonds. The van der Waals surface area contributed by atoms with Gasteiger partial charge in [-0.05, 0) is 36.4 Å². The van der Waals surface area contributed by atoms with Crippen LogP contribution in [0.2, 0.25) is 0 Å². The van der Waals surface area contributed by atoms with Crippen LogP contribution in [0.5, 0.6) is 0 Å². The van der Waals surface area contributed by atoms with Gasteiger partial charge in [-0.3, -0.25) is 4.57 Å². The van der Waals surface area contributed by atoms with Crippen LogP contribution in [-0.2, 0) is 0 Å². The highest BCUT2D eigenvalue weighted by Crippen LogP contribution is 2.41. The summed E-state index contributed by atoms with van der Waals surface area (Å²) in [5.41, 5.74) is 8.61. The zero-order chi connectivity index (χ0) is 28.8. The number of benzene rings is 6. The first-order chi connectivity index (χ1) is 21.8. The minimum absolute atomic E-state index is 0.820. The molecule has 10 rings (SSSR count). The molecule has 0 fully saturated rings. The van der Waals surface area contributed by atoms with E-state index in [0.29, 0.717) is 0 Å². The van der Waals surface area contributed by atoms with E-state index in [4.69, 9.17) is 13.8 Å². The van der Waals surface area contributed by atoms with Crippen LogP contribution in [0, 0.1) is 0 Å². The van der Waals surface area contributed by atoms with Gasteiger partial charge in [0.15, 0.2) is 5.58 Å². The normalized spacial score (nSPS) is 12.1. The van der Waals surface area contributed by atoms with Gasteiger partial charge in [0.25, 0.3) is 0 Å². The quantitative estimate of drug-likeness (QED) is 0.214. The van der Waals surface area contributed by atoms with Crippen molar-refractivity contribution in [2.75, 3.05) is 0 Å². The number of imidazole rings is 1. The molecule has 206 valence electrons. The number of rotatable bonds is 3. The van der Waals surface area contributed by atoms with Crippen molar-refractivity contribution < 1.29 is 8.83 Å². The van der Waals surface area contributed by atoms with Crippen molar-refractivity contribution in [1.29, 1.82) is 0 Å². The minimum atomic E-state index is 0.820. The summed E-state index contributed by atoms with van der Waals surface area (Å²) in [5.74, 6) is 0.820. The van der Waals surface area contributed by atoms with Crippen LogP contribution in [0.15, 0.2) is 149 Å². The Hall–Kier alpha value is -6.07. The van der Waals surface area contributed by atoms with Gasteiger partial charge in [-0.1, -0.05) is 91.0 Å². The smallest absolute Gasteiger partial charge is 0.159 e. The molecule has 0 saturated carbocycles. The molecule has 0 spiro atoms. The molecule has 0 bridgehead atoms. The van der Waals surface area contributed by atoms with Gasteiger partial charge in [-0.15, -0.1) is 0 Å². The van der Waals surface area contributed by atoms with Crippen molar-refractivity contribution in [3.63, 3.8) is 0 Å². The number of aromatic nitrogens is 3. The molecule has 0 radical (unpaired) electrons. The molecule has 4 aromatic heterocycles. The van der Waals surface area contributed by atoms with Crippen LogP contribution in [0.25, 0.3) is 88.4 Å². The van der Waals surface area contributed by atoms with Gasteiger partial charge in [0.2, 0.25) is 0 Å². The van der Waals surface area contributed by atoms with E-state index >= 15 is 0 Å². The second-order valence-electron chi connectivity index (χ2n) is 11.2. The fraction of sp³-hybridized carbons (Fsp3) is 0. The molecule has 0 atom stereocenters. The summed E-state index contributed by atoms with van der Waals surface area (Å²) in [4.78, 5) is 4.90. The second kappa shape index (κ2) is 8.72. The maximum Gasteiger partial charge on any atom is 0.159 e. The van der Waals surface area contributed by atoms with Gasteiger partial charge in [0.1, 0.15) is 22.6 Å². The number of fused-ring (bicyclic) bond motifs is 9. The van der Waals surface area contributed by atoms with Crippen molar-refractivity contribution in [2.45, 2.75) is 0 Å². The van der Waals surface area contributed by atoms with E-state index < -0.39 is 0 Å². The molecule has 0 N–H and O–H groups in total. The van der Waals surface area contributed by atoms with Crippen molar-refractivity contribution in [2.24, 2.45) is 0 Å². The van der Waals surface area contributed by atoms with Gasteiger partial charge in [0, 0.05) is 44.7 Å². The summed E-state index contributed by atoms with van der Waals surface area (Å²) in [6, 6.07) is 44.2. The summed E-state index contributed by atoms with van der Waals surface area (Å²) in [7, 11) is 0. The van der Waals surface area contributed by atoms with Gasteiger partial charge in [-0.2, -0.15) is 0 Å². The molecule has 0 aliphatic carbocycles. The summed E-state index contributed by atoms with van der Waals surface area (Å²) in [5, 5.41) is 6.73.